The van der Waals surface area contributed by atoms with Crippen molar-refractivity contribution in [3.63, 3.8) is 0 Å². The number of alkyl halides is 3. The molecule has 0 bridgehead atoms. The van der Waals surface area contributed by atoms with Crippen molar-refractivity contribution in [1.82, 2.24) is 20.6 Å². The standard InChI is InChI=1S/C17H21F3N4O2.C16H27N3O4/c1-15(2,3)11-8-13(26-24-11)22-14(25)16(4,5)23-12-7-6-10(9-21-12)17(18,19)20;1-15(2,3)12-8-13(19-23-12)18-14(20)16(4,5)17-9-11-10-21-6-7-22-11/h6-9H,1-5H3,(H,21,23)(H,22,25);8,11,17H,6-7,9-10H2,1-5H3,(H,18,19,20). The van der Waals surface area contributed by atoms with Crippen molar-refractivity contribution in [3.05, 3.63) is 47.5 Å². The van der Waals surface area contributed by atoms with Crippen LogP contribution in [0.4, 0.5) is 30.7 Å². The number of rotatable bonds is 9. The minimum atomic E-state index is -4.46. The molecule has 16 heteroatoms. The van der Waals surface area contributed by atoms with Crippen LogP contribution in [0.5, 0.6) is 0 Å². The molecule has 1 aliphatic rings. The van der Waals surface area contributed by atoms with Crippen LogP contribution in [0, 0.1) is 0 Å². The molecule has 13 nitrogen and oxygen atoms in total. The number of nitrogens with zero attached hydrogens (tertiary/aromatic N) is 3. The van der Waals surface area contributed by atoms with E-state index in [1.54, 1.807) is 26.0 Å². The Bertz CT molecular complexity index is 1530. The zero-order valence-electron chi connectivity index (χ0n) is 29.7. The van der Waals surface area contributed by atoms with Crippen molar-refractivity contribution in [2.45, 2.75) is 103 Å². The number of nitrogens with one attached hydrogen (secondary N) is 4. The van der Waals surface area contributed by atoms with Gasteiger partial charge in [0.05, 0.1) is 42.7 Å². The highest BCUT2D eigenvalue weighted by molar-refractivity contribution is 5.98. The molecule has 49 heavy (non-hydrogen) atoms. The number of anilines is 3. The van der Waals surface area contributed by atoms with Crippen molar-refractivity contribution < 1.29 is 41.3 Å². The van der Waals surface area contributed by atoms with Gasteiger partial charge in [0, 0.05) is 35.7 Å². The van der Waals surface area contributed by atoms with Gasteiger partial charge in [0.15, 0.2) is 5.82 Å². The van der Waals surface area contributed by atoms with E-state index < -0.39 is 28.7 Å². The minimum absolute atomic E-state index is 0.0321. The number of carbonyl (C=O) groups excluding carboxylic acids is 2. The molecule has 0 radical (unpaired) electrons. The van der Waals surface area contributed by atoms with E-state index in [9.17, 15) is 22.8 Å². The van der Waals surface area contributed by atoms with Crippen LogP contribution in [0.2, 0.25) is 0 Å². The van der Waals surface area contributed by atoms with Gasteiger partial charge in [-0.1, -0.05) is 51.9 Å². The maximum absolute atomic E-state index is 12.6. The molecule has 0 aromatic carbocycles. The topological polar surface area (TPSA) is 166 Å². The van der Waals surface area contributed by atoms with E-state index in [0.29, 0.717) is 44.1 Å². The number of halogens is 3. The van der Waals surface area contributed by atoms with E-state index >= 15 is 0 Å². The number of hydrogen-bond donors (Lipinski definition) is 4. The Kier molecular flexibility index (Phi) is 12.3. The lowest BCUT2D eigenvalue weighted by Gasteiger charge is -2.29. The molecule has 0 spiro atoms. The summed E-state index contributed by atoms with van der Waals surface area (Å²) in [6, 6.07) is 5.45. The van der Waals surface area contributed by atoms with Crippen LogP contribution in [0.15, 0.2) is 39.5 Å². The zero-order chi connectivity index (χ0) is 36.8. The summed E-state index contributed by atoms with van der Waals surface area (Å²) in [5, 5.41) is 19.2. The molecule has 2 amide bonds. The Morgan fingerprint density at radius 3 is 2.00 bits per heavy atom. The highest BCUT2D eigenvalue weighted by Crippen LogP contribution is 2.30. The van der Waals surface area contributed by atoms with Gasteiger partial charge in [-0.05, 0) is 39.8 Å². The first-order valence-corrected chi connectivity index (χ1v) is 15.8. The largest absolute Gasteiger partial charge is 0.417 e. The Morgan fingerprint density at radius 1 is 0.816 bits per heavy atom. The third-order valence-corrected chi connectivity index (χ3v) is 7.33. The average molecular weight is 696 g/mol. The molecule has 3 aromatic rings. The normalized spacial score (nSPS) is 16.0. The molecule has 3 aromatic heterocycles. The van der Waals surface area contributed by atoms with Crippen LogP contribution in [0.3, 0.4) is 0 Å². The van der Waals surface area contributed by atoms with Crippen LogP contribution in [0.1, 0.15) is 86.3 Å². The first-order valence-electron chi connectivity index (χ1n) is 15.8. The molecule has 0 saturated carbocycles. The molecule has 1 fully saturated rings. The number of pyridine rings is 1. The maximum atomic E-state index is 12.6. The third kappa shape index (κ3) is 11.8. The predicted octanol–water partition coefficient (Wildman–Crippen LogP) is 5.91. The number of hydrogen-bond acceptors (Lipinski definition) is 11. The number of carbonyl (C=O) groups is 2. The van der Waals surface area contributed by atoms with Crippen molar-refractivity contribution in [2.24, 2.45) is 0 Å². The van der Waals surface area contributed by atoms with Gasteiger partial charge < -0.3 is 34.5 Å². The molecule has 0 aliphatic carbocycles. The molecule has 1 atom stereocenters. The van der Waals surface area contributed by atoms with Crippen molar-refractivity contribution in [2.75, 3.05) is 42.3 Å². The lowest BCUT2D eigenvalue weighted by molar-refractivity contribution is -0.137. The lowest BCUT2D eigenvalue weighted by atomic mass is 9.92. The Labute approximate surface area is 284 Å². The number of aromatic nitrogens is 3. The van der Waals surface area contributed by atoms with Gasteiger partial charge >= 0.3 is 6.18 Å². The number of ether oxygens (including phenoxy) is 2. The fraction of sp³-hybridized carbons (Fsp3) is 0.606. The summed E-state index contributed by atoms with van der Waals surface area (Å²) in [7, 11) is 0. The lowest BCUT2D eigenvalue weighted by Crippen LogP contribution is -2.53. The highest BCUT2D eigenvalue weighted by atomic mass is 19.4. The monoisotopic (exact) mass is 695 g/mol. The summed E-state index contributed by atoms with van der Waals surface area (Å²) in [4.78, 5) is 28.6. The van der Waals surface area contributed by atoms with Gasteiger partial charge in [0.2, 0.25) is 11.8 Å². The Balaban J connectivity index is 0.000000267. The van der Waals surface area contributed by atoms with E-state index in [2.05, 4.69) is 36.6 Å². The summed E-state index contributed by atoms with van der Waals surface area (Å²) in [6.45, 7) is 21.0. The van der Waals surface area contributed by atoms with Gasteiger partial charge in [0.1, 0.15) is 17.1 Å². The van der Waals surface area contributed by atoms with Crippen LogP contribution >= 0.6 is 0 Å². The van der Waals surface area contributed by atoms with Gasteiger partial charge in [-0.15, -0.1) is 0 Å². The minimum Gasteiger partial charge on any atom is -0.376 e. The molecule has 4 N–H and O–H groups in total. The van der Waals surface area contributed by atoms with E-state index in [1.807, 2.05) is 55.4 Å². The van der Waals surface area contributed by atoms with E-state index in [0.717, 1.165) is 11.8 Å². The van der Waals surface area contributed by atoms with E-state index in [1.165, 1.54) is 6.07 Å². The second-order valence-electron chi connectivity index (χ2n) is 14.8. The van der Waals surface area contributed by atoms with Crippen LogP contribution in [0.25, 0.3) is 0 Å². The van der Waals surface area contributed by atoms with Crippen LogP contribution in [-0.4, -0.2) is 70.7 Å². The summed E-state index contributed by atoms with van der Waals surface area (Å²) < 4.78 is 59.0. The predicted molar refractivity (Wildman–Crippen MR) is 177 cm³/mol. The summed E-state index contributed by atoms with van der Waals surface area (Å²) >= 11 is 0. The van der Waals surface area contributed by atoms with Gasteiger partial charge in [-0.2, -0.15) is 13.2 Å². The third-order valence-electron chi connectivity index (χ3n) is 7.33. The van der Waals surface area contributed by atoms with Gasteiger partial charge in [-0.3, -0.25) is 14.9 Å². The van der Waals surface area contributed by atoms with E-state index in [-0.39, 0.29) is 34.5 Å². The second-order valence-corrected chi connectivity index (χ2v) is 14.8. The molecule has 1 aliphatic heterocycles. The molecular formula is C33H48F3N7O6. The molecule has 272 valence electrons. The van der Waals surface area contributed by atoms with Gasteiger partial charge in [-0.25, -0.2) is 4.98 Å². The molecule has 1 saturated heterocycles. The first kappa shape index (κ1) is 39.4. The quantitative estimate of drug-likeness (QED) is 0.210. The van der Waals surface area contributed by atoms with E-state index in [4.69, 9.17) is 18.5 Å². The summed E-state index contributed by atoms with van der Waals surface area (Å²) in [6.07, 6.45) is -3.78. The maximum Gasteiger partial charge on any atom is 0.417 e. The second kappa shape index (κ2) is 15.3. The fourth-order valence-corrected chi connectivity index (χ4v) is 4.03. The fourth-order valence-electron chi connectivity index (χ4n) is 4.03. The molecule has 1 unspecified atom stereocenters. The van der Waals surface area contributed by atoms with Gasteiger partial charge in [0.25, 0.3) is 5.91 Å². The number of amides is 2. The average Bonchev–Trinajstić information content (AvgIpc) is 3.67. The molecule has 4 rings (SSSR count). The van der Waals surface area contributed by atoms with Crippen LogP contribution < -0.4 is 21.3 Å². The first-order chi connectivity index (χ1) is 22.5. The highest BCUT2D eigenvalue weighted by Gasteiger charge is 2.33. The van der Waals surface area contributed by atoms with Crippen LogP contribution in [-0.2, 0) is 36.1 Å². The summed E-state index contributed by atoms with van der Waals surface area (Å²) in [5.74, 6) is 0.860. The Morgan fingerprint density at radius 2 is 1.49 bits per heavy atom. The molecule has 4 heterocycles. The molecular weight excluding hydrogens is 647 g/mol. The van der Waals surface area contributed by atoms with Crippen molar-refractivity contribution in [3.8, 4) is 0 Å². The smallest absolute Gasteiger partial charge is 0.376 e. The Hall–Kier alpha value is -4.02. The van der Waals surface area contributed by atoms with Crippen molar-refractivity contribution >= 4 is 29.3 Å². The SMILES string of the molecule is CC(C)(NCC1COCCO1)C(=O)Nc1cc(C(C)(C)C)on1.CC(C)(Nc1ccc(C(F)(F)F)cn1)C(=O)Nc1cc(C(C)(C)C)no1. The summed E-state index contributed by atoms with van der Waals surface area (Å²) in [5.41, 5.74) is -2.47. The zero-order valence-corrected chi connectivity index (χ0v) is 29.7. The van der Waals surface area contributed by atoms with Crippen molar-refractivity contribution in [1.29, 1.82) is 0 Å².